The predicted molar refractivity (Wildman–Crippen MR) is 104 cm³/mol. The van der Waals surface area contributed by atoms with Crippen LogP contribution in [0.1, 0.15) is 47.6 Å². The molecule has 0 saturated carbocycles. The summed E-state index contributed by atoms with van der Waals surface area (Å²) in [5.41, 5.74) is 0.158. The highest BCUT2D eigenvalue weighted by Crippen LogP contribution is 2.21. The lowest BCUT2D eigenvalue weighted by Crippen LogP contribution is -2.46. The molecule has 0 radical (unpaired) electrons. The van der Waals surface area contributed by atoms with Gasteiger partial charge in [-0.1, -0.05) is 12.1 Å². The summed E-state index contributed by atoms with van der Waals surface area (Å²) in [5.74, 6) is -0.269. The smallest absolute Gasteiger partial charge is 0.289 e. The third-order valence-corrected chi connectivity index (χ3v) is 7.12. The minimum Gasteiger partial charge on any atom is -0.459 e. The number of hydrogen-bond donors (Lipinski definition) is 1. The number of sulfone groups is 1. The Morgan fingerprint density at radius 3 is 2.39 bits per heavy atom. The molecular weight excluding hydrogens is 380 g/mol. The van der Waals surface area contributed by atoms with Gasteiger partial charge in [0, 0.05) is 19.1 Å². The zero-order valence-electron chi connectivity index (χ0n) is 15.9. The van der Waals surface area contributed by atoms with Gasteiger partial charge in [0.25, 0.3) is 11.8 Å². The van der Waals surface area contributed by atoms with E-state index in [1.54, 1.807) is 43.0 Å². The van der Waals surface area contributed by atoms with Crippen molar-refractivity contribution in [3.8, 4) is 0 Å². The quantitative estimate of drug-likeness (QED) is 0.826. The first-order valence-electron chi connectivity index (χ1n) is 9.27. The Bertz CT molecular complexity index is 943. The van der Waals surface area contributed by atoms with Crippen molar-refractivity contribution in [3.63, 3.8) is 0 Å². The zero-order valence-corrected chi connectivity index (χ0v) is 16.7. The second-order valence-electron chi connectivity index (χ2n) is 7.11. The first-order chi connectivity index (χ1) is 13.3. The highest BCUT2D eigenvalue weighted by molar-refractivity contribution is 7.92. The van der Waals surface area contributed by atoms with Crippen molar-refractivity contribution in [1.29, 1.82) is 0 Å². The summed E-state index contributed by atoms with van der Waals surface area (Å²) < 4.78 is 30.2. The topological polar surface area (TPSA) is 96.7 Å². The average molecular weight is 404 g/mol. The number of hydrogen-bond acceptors (Lipinski definition) is 5. The monoisotopic (exact) mass is 404 g/mol. The molecule has 150 valence electrons. The molecule has 2 heterocycles. The summed E-state index contributed by atoms with van der Waals surface area (Å²) >= 11 is 0. The van der Waals surface area contributed by atoms with Gasteiger partial charge >= 0.3 is 0 Å². The number of carbonyl (C=O) groups excluding carboxylic acids is 2. The van der Waals surface area contributed by atoms with E-state index in [-0.39, 0.29) is 22.4 Å². The molecule has 7 nitrogen and oxygen atoms in total. The Morgan fingerprint density at radius 1 is 1.11 bits per heavy atom. The number of benzene rings is 1. The minimum atomic E-state index is -3.56. The first-order valence-corrected chi connectivity index (χ1v) is 10.8. The third-order valence-electron chi connectivity index (χ3n) is 4.91. The van der Waals surface area contributed by atoms with Gasteiger partial charge in [0.1, 0.15) is 0 Å². The Balaban J connectivity index is 1.65. The maximum Gasteiger partial charge on any atom is 0.289 e. The van der Waals surface area contributed by atoms with Crippen LogP contribution in [0.2, 0.25) is 0 Å². The molecule has 0 unspecified atom stereocenters. The van der Waals surface area contributed by atoms with Crippen LogP contribution in [0.5, 0.6) is 0 Å². The zero-order chi connectivity index (χ0) is 20.3. The Labute approximate surface area is 164 Å². The molecule has 3 rings (SSSR count). The maximum atomic E-state index is 12.7. The van der Waals surface area contributed by atoms with Crippen molar-refractivity contribution in [1.82, 2.24) is 10.2 Å². The van der Waals surface area contributed by atoms with E-state index in [1.165, 1.54) is 18.4 Å². The van der Waals surface area contributed by atoms with Gasteiger partial charge in [-0.15, -0.1) is 0 Å². The lowest BCUT2D eigenvalue weighted by molar-refractivity contribution is 0.0667. The molecule has 8 heteroatoms. The van der Waals surface area contributed by atoms with Gasteiger partial charge in [0.05, 0.1) is 22.0 Å². The molecule has 0 atom stereocenters. The fourth-order valence-corrected chi connectivity index (χ4v) is 4.45. The number of likely N-dealkylation sites (tertiary alicyclic amines) is 1. The van der Waals surface area contributed by atoms with Crippen molar-refractivity contribution in [2.75, 3.05) is 13.1 Å². The van der Waals surface area contributed by atoms with E-state index < -0.39 is 21.0 Å². The predicted octanol–water partition coefficient (Wildman–Crippen LogP) is 2.50. The molecule has 1 aliphatic heterocycles. The van der Waals surface area contributed by atoms with Gasteiger partial charge in [-0.2, -0.15) is 0 Å². The minimum absolute atomic E-state index is 0.0490. The van der Waals surface area contributed by atoms with Crippen molar-refractivity contribution in [2.24, 2.45) is 0 Å². The lowest BCUT2D eigenvalue weighted by atomic mass is 10.0. The van der Waals surface area contributed by atoms with Crippen LogP contribution in [0.3, 0.4) is 0 Å². The van der Waals surface area contributed by atoms with E-state index in [0.29, 0.717) is 31.7 Å². The molecule has 0 spiro atoms. The van der Waals surface area contributed by atoms with Crippen LogP contribution in [0.25, 0.3) is 0 Å². The Morgan fingerprint density at radius 2 is 1.79 bits per heavy atom. The molecule has 0 bridgehead atoms. The fraction of sp³-hybridized carbons (Fsp3) is 0.400. The fourth-order valence-electron chi connectivity index (χ4n) is 3.20. The van der Waals surface area contributed by atoms with Gasteiger partial charge in [0.2, 0.25) is 0 Å². The number of rotatable bonds is 5. The molecule has 1 N–H and O–H groups in total. The standard InChI is InChI=1S/C20H24N2O5S/c1-14(2)28(25,26)18-8-4-3-6-16(18)19(23)21-15-9-11-22(12-10-15)20(24)17-7-5-13-27-17/h3-8,13-15H,9-12H2,1-2H3,(H,21,23). The van der Waals surface area contributed by atoms with Crippen LogP contribution in [0.4, 0.5) is 0 Å². The number of amides is 2. The number of piperidine rings is 1. The van der Waals surface area contributed by atoms with Crippen molar-refractivity contribution < 1.29 is 22.4 Å². The Hall–Kier alpha value is -2.61. The Kier molecular flexibility index (Phi) is 5.88. The molecule has 0 aliphatic carbocycles. The van der Waals surface area contributed by atoms with E-state index in [2.05, 4.69) is 5.32 Å². The van der Waals surface area contributed by atoms with Crippen LogP contribution in [-0.4, -0.2) is 49.5 Å². The molecule has 1 saturated heterocycles. The number of furan rings is 1. The molecule has 1 aliphatic rings. The highest BCUT2D eigenvalue weighted by Gasteiger charge is 2.29. The number of carbonyl (C=O) groups is 2. The van der Waals surface area contributed by atoms with Gasteiger partial charge in [-0.05, 0) is 51.0 Å². The molecule has 1 aromatic heterocycles. The normalized spacial score (nSPS) is 15.6. The summed E-state index contributed by atoms with van der Waals surface area (Å²) in [4.78, 5) is 26.8. The summed E-state index contributed by atoms with van der Waals surface area (Å²) in [7, 11) is -3.56. The van der Waals surface area contributed by atoms with Gasteiger partial charge in [-0.3, -0.25) is 9.59 Å². The second-order valence-corrected chi connectivity index (χ2v) is 9.58. The molecule has 1 aromatic carbocycles. The van der Waals surface area contributed by atoms with Gasteiger partial charge < -0.3 is 14.6 Å². The summed E-state index contributed by atoms with van der Waals surface area (Å²) in [5, 5.41) is 2.30. The van der Waals surface area contributed by atoms with Gasteiger partial charge in [-0.25, -0.2) is 8.42 Å². The molecule has 1 fully saturated rings. The van der Waals surface area contributed by atoms with Crippen LogP contribution in [0.15, 0.2) is 52.0 Å². The first kappa shape index (κ1) is 20.1. The van der Waals surface area contributed by atoms with Crippen LogP contribution in [-0.2, 0) is 9.84 Å². The van der Waals surface area contributed by atoms with Crippen molar-refractivity contribution >= 4 is 21.7 Å². The van der Waals surface area contributed by atoms with E-state index in [4.69, 9.17) is 4.42 Å². The average Bonchev–Trinajstić information content (AvgIpc) is 3.22. The van der Waals surface area contributed by atoms with E-state index in [0.717, 1.165) is 0 Å². The molecule has 2 aromatic rings. The van der Waals surface area contributed by atoms with Crippen LogP contribution >= 0.6 is 0 Å². The van der Waals surface area contributed by atoms with Crippen molar-refractivity contribution in [2.45, 2.75) is 42.9 Å². The van der Waals surface area contributed by atoms with Crippen LogP contribution < -0.4 is 5.32 Å². The third kappa shape index (κ3) is 4.11. The summed E-state index contributed by atoms with van der Waals surface area (Å²) in [6.07, 6.45) is 2.65. The van der Waals surface area contributed by atoms with E-state index in [9.17, 15) is 18.0 Å². The number of nitrogens with one attached hydrogen (secondary N) is 1. The van der Waals surface area contributed by atoms with E-state index >= 15 is 0 Å². The van der Waals surface area contributed by atoms with Gasteiger partial charge in [0.15, 0.2) is 15.6 Å². The second kappa shape index (κ2) is 8.18. The lowest BCUT2D eigenvalue weighted by Gasteiger charge is -2.32. The molecule has 28 heavy (non-hydrogen) atoms. The van der Waals surface area contributed by atoms with Crippen LogP contribution in [0, 0.1) is 0 Å². The SMILES string of the molecule is CC(C)S(=O)(=O)c1ccccc1C(=O)NC1CCN(C(=O)c2ccco2)CC1. The largest absolute Gasteiger partial charge is 0.459 e. The maximum absolute atomic E-state index is 12.7. The summed E-state index contributed by atoms with van der Waals surface area (Å²) in [6, 6.07) is 9.44. The highest BCUT2D eigenvalue weighted by atomic mass is 32.2. The molecular formula is C20H24N2O5S. The van der Waals surface area contributed by atoms with Crippen molar-refractivity contribution in [3.05, 3.63) is 54.0 Å². The summed E-state index contributed by atoms with van der Waals surface area (Å²) in [6.45, 7) is 4.18. The molecule has 2 amide bonds. The number of nitrogens with zero attached hydrogens (tertiary/aromatic N) is 1. The van der Waals surface area contributed by atoms with E-state index in [1.807, 2.05) is 0 Å².